The Labute approximate surface area is 125 Å². The van der Waals surface area contributed by atoms with Gasteiger partial charge in [-0.15, -0.1) is 0 Å². The molecule has 20 heavy (non-hydrogen) atoms. The second kappa shape index (κ2) is 7.02. The highest BCUT2D eigenvalue weighted by molar-refractivity contribution is 7.80. The fourth-order valence-corrected chi connectivity index (χ4v) is 2.87. The highest BCUT2D eigenvalue weighted by Crippen LogP contribution is 2.24. The van der Waals surface area contributed by atoms with E-state index in [9.17, 15) is 5.11 Å². The SMILES string of the molecule is COc1ccc(C(N)=S)cc1CN1CCCC(CO)C1. The molecule has 110 valence electrons. The molecule has 4 nitrogen and oxygen atoms in total. The second-order valence-electron chi connectivity index (χ2n) is 5.32. The highest BCUT2D eigenvalue weighted by Gasteiger charge is 2.20. The molecule has 1 fully saturated rings. The van der Waals surface area contributed by atoms with Gasteiger partial charge in [-0.3, -0.25) is 4.90 Å². The lowest BCUT2D eigenvalue weighted by Crippen LogP contribution is -2.36. The largest absolute Gasteiger partial charge is 0.496 e. The van der Waals surface area contributed by atoms with Crippen molar-refractivity contribution in [2.75, 3.05) is 26.8 Å². The Morgan fingerprint density at radius 3 is 3.00 bits per heavy atom. The van der Waals surface area contributed by atoms with Crippen molar-refractivity contribution in [3.8, 4) is 5.75 Å². The number of hydrogen-bond acceptors (Lipinski definition) is 4. The fraction of sp³-hybridized carbons (Fsp3) is 0.533. The average Bonchev–Trinajstić information content (AvgIpc) is 2.47. The van der Waals surface area contributed by atoms with E-state index < -0.39 is 0 Å². The number of nitrogens with two attached hydrogens (primary N) is 1. The molecule has 5 heteroatoms. The van der Waals surface area contributed by atoms with Crippen LogP contribution < -0.4 is 10.5 Å². The summed E-state index contributed by atoms with van der Waals surface area (Å²) in [6.07, 6.45) is 2.24. The van der Waals surface area contributed by atoms with Crippen LogP contribution in [0, 0.1) is 5.92 Å². The Bertz CT molecular complexity index is 479. The van der Waals surface area contributed by atoms with Crippen LogP contribution >= 0.6 is 12.2 Å². The maximum absolute atomic E-state index is 9.31. The first-order valence-corrected chi connectivity index (χ1v) is 7.34. The van der Waals surface area contributed by atoms with Crippen LogP contribution in [-0.4, -0.2) is 41.8 Å². The number of hydrogen-bond donors (Lipinski definition) is 2. The van der Waals surface area contributed by atoms with Gasteiger partial charge < -0.3 is 15.6 Å². The van der Waals surface area contributed by atoms with Gasteiger partial charge in [-0.1, -0.05) is 12.2 Å². The zero-order chi connectivity index (χ0) is 14.5. The van der Waals surface area contributed by atoms with Crippen molar-refractivity contribution in [3.63, 3.8) is 0 Å². The molecular weight excluding hydrogens is 272 g/mol. The predicted molar refractivity (Wildman–Crippen MR) is 84.0 cm³/mol. The van der Waals surface area contributed by atoms with E-state index >= 15 is 0 Å². The van der Waals surface area contributed by atoms with Crippen LogP contribution in [0.15, 0.2) is 18.2 Å². The van der Waals surface area contributed by atoms with Gasteiger partial charge in [0.15, 0.2) is 0 Å². The molecule has 0 radical (unpaired) electrons. The molecule has 0 aliphatic carbocycles. The van der Waals surface area contributed by atoms with Crippen LogP contribution in [0.4, 0.5) is 0 Å². The van der Waals surface area contributed by atoms with Gasteiger partial charge in [-0.25, -0.2) is 0 Å². The van der Waals surface area contributed by atoms with Crippen LogP contribution in [0.5, 0.6) is 5.75 Å². The summed E-state index contributed by atoms with van der Waals surface area (Å²) >= 11 is 5.03. The zero-order valence-electron chi connectivity index (χ0n) is 11.8. The molecule has 1 atom stereocenters. The lowest BCUT2D eigenvalue weighted by atomic mass is 9.98. The Morgan fingerprint density at radius 2 is 2.35 bits per heavy atom. The summed E-state index contributed by atoms with van der Waals surface area (Å²) in [6, 6.07) is 5.80. The molecular formula is C15H22N2O2S. The molecule has 1 heterocycles. The fourth-order valence-electron chi connectivity index (χ4n) is 2.74. The summed E-state index contributed by atoms with van der Waals surface area (Å²) in [5.74, 6) is 1.24. The van der Waals surface area contributed by atoms with Gasteiger partial charge >= 0.3 is 0 Å². The molecule has 0 aromatic heterocycles. The quantitative estimate of drug-likeness (QED) is 0.807. The lowest BCUT2D eigenvalue weighted by Gasteiger charge is -2.32. The molecule has 1 saturated heterocycles. The van der Waals surface area contributed by atoms with E-state index in [4.69, 9.17) is 22.7 Å². The van der Waals surface area contributed by atoms with Crippen LogP contribution in [0.25, 0.3) is 0 Å². The van der Waals surface area contributed by atoms with Gasteiger partial charge in [0, 0.05) is 30.8 Å². The minimum Gasteiger partial charge on any atom is -0.496 e. The van der Waals surface area contributed by atoms with Crippen LogP contribution in [0.1, 0.15) is 24.0 Å². The van der Waals surface area contributed by atoms with Gasteiger partial charge in [-0.2, -0.15) is 0 Å². The number of piperidine rings is 1. The number of likely N-dealkylation sites (tertiary alicyclic amines) is 1. The van der Waals surface area contributed by atoms with E-state index in [1.165, 1.54) is 0 Å². The van der Waals surface area contributed by atoms with E-state index in [0.29, 0.717) is 10.9 Å². The highest BCUT2D eigenvalue weighted by atomic mass is 32.1. The third-order valence-electron chi connectivity index (χ3n) is 3.82. The van der Waals surface area contributed by atoms with Crippen LogP contribution in [0.2, 0.25) is 0 Å². The maximum Gasteiger partial charge on any atom is 0.123 e. The minimum atomic E-state index is 0.264. The van der Waals surface area contributed by atoms with E-state index in [2.05, 4.69) is 4.90 Å². The number of methoxy groups -OCH3 is 1. The van der Waals surface area contributed by atoms with E-state index in [1.807, 2.05) is 18.2 Å². The van der Waals surface area contributed by atoms with Gasteiger partial charge in [0.05, 0.1) is 7.11 Å². The molecule has 0 spiro atoms. The number of rotatable bonds is 5. The van der Waals surface area contributed by atoms with E-state index in [-0.39, 0.29) is 6.61 Å². The summed E-state index contributed by atoms with van der Waals surface area (Å²) in [5, 5.41) is 9.31. The third kappa shape index (κ3) is 3.69. The van der Waals surface area contributed by atoms with Crippen LogP contribution in [-0.2, 0) is 6.54 Å². The molecule has 1 aromatic rings. The summed E-state index contributed by atoms with van der Waals surface area (Å²) in [4.78, 5) is 2.76. The lowest BCUT2D eigenvalue weighted by molar-refractivity contribution is 0.115. The molecule has 1 aliphatic rings. The summed E-state index contributed by atoms with van der Waals surface area (Å²) in [7, 11) is 1.67. The Morgan fingerprint density at radius 1 is 1.55 bits per heavy atom. The van der Waals surface area contributed by atoms with Gasteiger partial charge in [0.1, 0.15) is 10.7 Å². The minimum absolute atomic E-state index is 0.264. The third-order valence-corrected chi connectivity index (χ3v) is 4.06. The summed E-state index contributed by atoms with van der Waals surface area (Å²) in [5.41, 5.74) is 7.66. The zero-order valence-corrected chi connectivity index (χ0v) is 12.7. The first kappa shape index (κ1) is 15.2. The van der Waals surface area contributed by atoms with Gasteiger partial charge in [-0.05, 0) is 43.5 Å². The number of aliphatic hydroxyl groups is 1. The van der Waals surface area contributed by atoms with Crippen molar-refractivity contribution >= 4 is 17.2 Å². The molecule has 2 rings (SSSR count). The van der Waals surface area contributed by atoms with E-state index in [1.54, 1.807) is 7.11 Å². The standard InChI is InChI=1S/C15H22N2O2S/c1-19-14-5-4-12(15(16)20)7-13(14)9-17-6-2-3-11(8-17)10-18/h4-5,7,11,18H,2-3,6,8-10H2,1H3,(H2,16,20). The molecule has 1 aliphatic heterocycles. The van der Waals surface area contributed by atoms with Crippen molar-refractivity contribution in [1.82, 2.24) is 4.90 Å². The summed E-state index contributed by atoms with van der Waals surface area (Å²) in [6.45, 7) is 3.05. The monoisotopic (exact) mass is 294 g/mol. The second-order valence-corrected chi connectivity index (χ2v) is 5.76. The number of thiocarbonyl (C=S) groups is 1. The molecule has 0 saturated carbocycles. The molecule has 1 unspecified atom stereocenters. The van der Waals surface area contributed by atoms with E-state index in [0.717, 1.165) is 49.4 Å². The van der Waals surface area contributed by atoms with Crippen LogP contribution in [0.3, 0.4) is 0 Å². The Kier molecular flexibility index (Phi) is 5.34. The number of ether oxygens (including phenoxy) is 1. The molecule has 0 amide bonds. The Balaban J connectivity index is 2.14. The topological polar surface area (TPSA) is 58.7 Å². The molecule has 1 aromatic carbocycles. The smallest absolute Gasteiger partial charge is 0.123 e. The Hall–Kier alpha value is -1.17. The van der Waals surface area contributed by atoms with Crippen molar-refractivity contribution < 1.29 is 9.84 Å². The van der Waals surface area contributed by atoms with Gasteiger partial charge in [0.25, 0.3) is 0 Å². The molecule has 3 N–H and O–H groups in total. The predicted octanol–water partition coefficient (Wildman–Crippen LogP) is 1.53. The normalized spacial score (nSPS) is 19.8. The summed E-state index contributed by atoms with van der Waals surface area (Å²) < 4.78 is 5.41. The number of benzene rings is 1. The first-order chi connectivity index (χ1) is 9.63. The first-order valence-electron chi connectivity index (χ1n) is 6.94. The van der Waals surface area contributed by atoms with Crippen molar-refractivity contribution in [1.29, 1.82) is 0 Å². The van der Waals surface area contributed by atoms with Crippen molar-refractivity contribution in [2.24, 2.45) is 11.7 Å². The average molecular weight is 294 g/mol. The van der Waals surface area contributed by atoms with Gasteiger partial charge in [0.2, 0.25) is 0 Å². The number of nitrogens with zero attached hydrogens (tertiary/aromatic N) is 1. The molecule has 0 bridgehead atoms. The van der Waals surface area contributed by atoms with Crippen molar-refractivity contribution in [2.45, 2.75) is 19.4 Å². The van der Waals surface area contributed by atoms with Crippen molar-refractivity contribution in [3.05, 3.63) is 29.3 Å². The maximum atomic E-state index is 9.31. The number of aliphatic hydroxyl groups excluding tert-OH is 1.